The predicted octanol–water partition coefficient (Wildman–Crippen LogP) is 2.96. The molecule has 160 valence electrons. The number of aromatic nitrogens is 3. The van der Waals surface area contributed by atoms with Crippen LogP contribution in [0.1, 0.15) is 44.6 Å². The molecule has 3 aromatic rings. The summed E-state index contributed by atoms with van der Waals surface area (Å²) in [4.78, 5) is 30.9. The zero-order valence-corrected chi connectivity index (χ0v) is 17.9. The van der Waals surface area contributed by atoms with Gasteiger partial charge in [-0.15, -0.1) is 0 Å². The molecule has 1 aliphatic heterocycles. The molecule has 1 aromatic carbocycles. The molecule has 0 radical (unpaired) electrons. The topological polar surface area (TPSA) is 83.0 Å². The maximum absolute atomic E-state index is 12.8. The Morgan fingerprint density at radius 3 is 3.00 bits per heavy atom. The Bertz CT molecular complexity index is 1100. The zero-order valence-electron chi connectivity index (χ0n) is 17.9. The van der Waals surface area contributed by atoms with E-state index in [0.29, 0.717) is 18.1 Å². The fraction of sp³-hybridized carbons (Fsp3) is 0.522. The Kier molecular flexibility index (Phi) is 6.18. The molecule has 3 heterocycles. The van der Waals surface area contributed by atoms with Crippen molar-refractivity contribution in [3.63, 3.8) is 0 Å². The number of likely N-dealkylation sites (tertiary alicyclic amines) is 1. The summed E-state index contributed by atoms with van der Waals surface area (Å²) in [7, 11) is 0. The highest BCUT2D eigenvalue weighted by atomic mass is 16.2. The van der Waals surface area contributed by atoms with Gasteiger partial charge >= 0.3 is 0 Å². The lowest BCUT2D eigenvalue weighted by atomic mass is 10.00. The molecule has 4 rings (SSSR count). The molecule has 7 nitrogen and oxygen atoms in total. The number of piperidine rings is 1. The molecule has 30 heavy (non-hydrogen) atoms. The third kappa shape index (κ3) is 4.26. The van der Waals surface area contributed by atoms with Crippen LogP contribution in [0.25, 0.3) is 21.8 Å². The van der Waals surface area contributed by atoms with Gasteiger partial charge in [0.25, 0.3) is 5.56 Å². The number of nitrogens with one attached hydrogen (secondary N) is 2. The van der Waals surface area contributed by atoms with E-state index in [-0.39, 0.29) is 18.0 Å². The number of amides is 1. The highest BCUT2D eigenvalue weighted by Gasteiger charge is 2.20. The molecule has 1 saturated heterocycles. The molecule has 2 aromatic heterocycles. The van der Waals surface area contributed by atoms with Crippen LogP contribution in [0, 0.1) is 6.92 Å². The van der Waals surface area contributed by atoms with E-state index in [2.05, 4.69) is 27.2 Å². The fourth-order valence-electron chi connectivity index (χ4n) is 4.57. The van der Waals surface area contributed by atoms with Gasteiger partial charge < -0.3 is 15.2 Å². The van der Waals surface area contributed by atoms with Crippen LogP contribution in [0.5, 0.6) is 0 Å². The van der Waals surface area contributed by atoms with Gasteiger partial charge in [0.1, 0.15) is 12.1 Å². The molecule has 0 saturated carbocycles. The molecular weight excluding hydrogens is 378 g/mol. The number of nitrogens with zero attached hydrogens (tertiary/aromatic N) is 3. The van der Waals surface area contributed by atoms with E-state index in [4.69, 9.17) is 0 Å². The maximum Gasteiger partial charge on any atom is 0.291 e. The lowest BCUT2D eigenvalue weighted by Gasteiger charge is -2.35. The normalized spacial score (nSPS) is 17.6. The number of hydrogen-bond donors (Lipinski definition) is 2. The Morgan fingerprint density at radius 1 is 1.30 bits per heavy atom. The van der Waals surface area contributed by atoms with Gasteiger partial charge in [0.05, 0.1) is 6.20 Å². The first-order chi connectivity index (χ1) is 14.6. The maximum atomic E-state index is 12.8. The van der Waals surface area contributed by atoms with E-state index in [0.717, 1.165) is 41.4 Å². The van der Waals surface area contributed by atoms with Crippen molar-refractivity contribution in [1.82, 2.24) is 25.0 Å². The second kappa shape index (κ2) is 9.00. The van der Waals surface area contributed by atoms with Crippen LogP contribution in [-0.4, -0.2) is 51.2 Å². The molecule has 0 aliphatic carbocycles. The molecule has 1 aliphatic rings. The minimum absolute atomic E-state index is 0.0650. The van der Waals surface area contributed by atoms with Crippen LogP contribution in [0.2, 0.25) is 0 Å². The molecule has 0 bridgehead atoms. The number of benzene rings is 1. The summed E-state index contributed by atoms with van der Waals surface area (Å²) in [6.45, 7) is 7.00. The number of rotatable bonds is 7. The van der Waals surface area contributed by atoms with E-state index >= 15 is 0 Å². The SMILES string of the molecule is CCC1CCCCN1CCCNC(=O)Cn1ncc2c([nH]c3ccc(C)cc32)c1=O. The summed E-state index contributed by atoms with van der Waals surface area (Å²) in [6.07, 6.45) is 7.67. The zero-order chi connectivity index (χ0) is 21.1. The first kappa shape index (κ1) is 20.6. The predicted molar refractivity (Wildman–Crippen MR) is 120 cm³/mol. The number of H-pyrrole nitrogens is 1. The van der Waals surface area contributed by atoms with Gasteiger partial charge in [-0.25, -0.2) is 4.68 Å². The molecule has 1 atom stereocenters. The summed E-state index contributed by atoms with van der Waals surface area (Å²) < 4.78 is 1.23. The first-order valence-electron chi connectivity index (χ1n) is 11.1. The number of aryl methyl sites for hydroxylation is 1. The third-order valence-corrected chi connectivity index (χ3v) is 6.23. The lowest BCUT2D eigenvalue weighted by molar-refractivity contribution is -0.121. The number of carbonyl (C=O) groups excluding carboxylic acids is 1. The summed E-state index contributed by atoms with van der Waals surface area (Å²) in [6, 6.07) is 6.69. The molecule has 7 heteroatoms. The largest absolute Gasteiger partial charge is 0.354 e. The minimum atomic E-state index is -0.268. The molecule has 1 fully saturated rings. The van der Waals surface area contributed by atoms with Crippen molar-refractivity contribution < 1.29 is 4.79 Å². The van der Waals surface area contributed by atoms with Crippen LogP contribution in [0.15, 0.2) is 29.2 Å². The highest BCUT2D eigenvalue weighted by Crippen LogP contribution is 2.23. The Labute approximate surface area is 176 Å². The van der Waals surface area contributed by atoms with Gasteiger partial charge in [-0.2, -0.15) is 5.10 Å². The Balaban J connectivity index is 1.35. The highest BCUT2D eigenvalue weighted by molar-refractivity contribution is 6.06. The van der Waals surface area contributed by atoms with Crippen LogP contribution >= 0.6 is 0 Å². The van der Waals surface area contributed by atoms with Crippen molar-refractivity contribution in [1.29, 1.82) is 0 Å². The van der Waals surface area contributed by atoms with Gasteiger partial charge in [0, 0.05) is 35.4 Å². The average Bonchev–Trinajstić information content (AvgIpc) is 3.12. The number of aromatic amines is 1. The lowest BCUT2D eigenvalue weighted by Crippen LogP contribution is -2.41. The van der Waals surface area contributed by atoms with Gasteiger partial charge in [0.2, 0.25) is 5.91 Å². The van der Waals surface area contributed by atoms with Crippen molar-refractivity contribution in [3.8, 4) is 0 Å². The van der Waals surface area contributed by atoms with Crippen molar-refractivity contribution in [2.24, 2.45) is 0 Å². The summed E-state index contributed by atoms with van der Waals surface area (Å²) in [5.74, 6) is -0.179. The molecule has 1 unspecified atom stereocenters. The van der Waals surface area contributed by atoms with E-state index in [1.54, 1.807) is 6.20 Å². The summed E-state index contributed by atoms with van der Waals surface area (Å²) in [5, 5.41) is 8.95. The quantitative estimate of drug-likeness (QED) is 0.588. The number of carbonyl (C=O) groups is 1. The first-order valence-corrected chi connectivity index (χ1v) is 11.1. The Morgan fingerprint density at radius 2 is 2.17 bits per heavy atom. The average molecular weight is 410 g/mol. The van der Waals surface area contributed by atoms with Crippen molar-refractivity contribution in [2.75, 3.05) is 19.6 Å². The van der Waals surface area contributed by atoms with E-state index < -0.39 is 0 Å². The number of fused-ring (bicyclic) bond motifs is 3. The van der Waals surface area contributed by atoms with Gasteiger partial charge in [-0.05, 0) is 51.3 Å². The van der Waals surface area contributed by atoms with E-state index in [1.807, 2.05) is 25.1 Å². The minimum Gasteiger partial charge on any atom is -0.354 e. The van der Waals surface area contributed by atoms with Crippen LogP contribution in [0.4, 0.5) is 0 Å². The second-order valence-electron chi connectivity index (χ2n) is 8.37. The second-order valence-corrected chi connectivity index (χ2v) is 8.37. The Hall–Kier alpha value is -2.67. The van der Waals surface area contributed by atoms with Crippen LogP contribution in [-0.2, 0) is 11.3 Å². The summed E-state index contributed by atoms with van der Waals surface area (Å²) in [5.41, 5.74) is 2.26. The van der Waals surface area contributed by atoms with Crippen molar-refractivity contribution >= 4 is 27.7 Å². The van der Waals surface area contributed by atoms with Crippen molar-refractivity contribution in [3.05, 3.63) is 40.3 Å². The van der Waals surface area contributed by atoms with Gasteiger partial charge in [0.15, 0.2) is 0 Å². The van der Waals surface area contributed by atoms with E-state index in [9.17, 15) is 9.59 Å². The van der Waals surface area contributed by atoms with E-state index in [1.165, 1.54) is 30.4 Å². The molecule has 1 amide bonds. The monoisotopic (exact) mass is 409 g/mol. The van der Waals surface area contributed by atoms with Gasteiger partial charge in [-0.3, -0.25) is 9.59 Å². The third-order valence-electron chi connectivity index (χ3n) is 6.23. The smallest absolute Gasteiger partial charge is 0.291 e. The van der Waals surface area contributed by atoms with Crippen LogP contribution < -0.4 is 10.9 Å². The summed E-state index contributed by atoms with van der Waals surface area (Å²) >= 11 is 0. The molecule has 0 spiro atoms. The molecule has 2 N–H and O–H groups in total. The van der Waals surface area contributed by atoms with Crippen LogP contribution in [0.3, 0.4) is 0 Å². The number of hydrogen-bond acceptors (Lipinski definition) is 4. The molecular formula is C23H31N5O2. The van der Waals surface area contributed by atoms with Crippen molar-refractivity contribution in [2.45, 2.75) is 58.5 Å². The fourth-order valence-corrected chi connectivity index (χ4v) is 4.57. The standard InChI is InChI=1S/C23H31N5O2/c1-3-17-7-4-5-11-27(17)12-6-10-24-21(29)15-28-23(30)22-19(14-25-28)18-13-16(2)8-9-20(18)26-22/h8-9,13-14,17,26H,3-7,10-12,15H2,1-2H3,(H,24,29). The van der Waals surface area contributed by atoms with Gasteiger partial charge in [-0.1, -0.05) is 25.0 Å².